The number of rotatable bonds is 2. The van der Waals surface area contributed by atoms with Crippen LogP contribution in [-0.4, -0.2) is 6.10 Å². The number of aryl methyl sites for hydroxylation is 1. The van der Waals surface area contributed by atoms with E-state index in [2.05, 4.69) is 31.2 Å². The highest BCUT2D eigenvalue weighted by Crippen LogP contribution is 2.47. The van der Waals surface area contributed by atoms with Crippen LogP contribution in [0.1, 0.15) is 49.3 Å². The molecular formula is C15H20O. The Morgan fingerprint density at radius 3 is 2.38 bits per heavy atom. The number of hydrogen-bond acceptors (Lipinski definition) is 1. The standard InChI is InChI=1S/C15H20O/c1-11-7-9-13(10-8-11)15-14(16-15)12-5-3-2-4-6-12/h7-10,12,14-15H,2-6H2,1H3/t14-,15-/m1/s1. The minimum Gasteiger partial charge on any atom is -0.364 e. The fourth-order valence-corrected chi connectivity index (χ4v) is 2.97. The summed E-state index contributed by atoms with van der Waals surface area (Å²) < 4.78 is 5.88. The summed E-state index contributed by atoms with van der Waals surface area (Å²) in [6, 6.07) is 8.83. The molecule has 1 heteroatoms. The normalized spacial score (nSPS) is 30.3. The van der Waals surface area contributed by atoms with Crippen LogP contribution < -0.4 is 0 Å². The number of ether oxygens (including phenoxy) is 1. The summed E-state index contributed by atoms with van der Waals surface area (Å²) >= 11 is 0. The van der Waals surface area contributed by atoms with Crippen LogP contribution in [0.25, 0.3) is 0 Å². The summed E-state index contributed by atoms with van der Waals surface area (Å²) in [5.74, 6) is 0.833. The highest BCUT2D eigenvalue weighted by Gasteiger charge is 2.45. The van der Waals surface area contributed by atoms with Crippen molar-refractivity contribution in [2.75, 3.05) is 0 Å². The van der Waals surface area contributed by atoms with Gasteiger partial charge in [-0.25, -0.2) is 0 Å². The second-order valence-corrected chi connectivity index (χ2v) is 5.33. The molecule has 0 aromatic heterocycles. The molecule has 1 aromatic carbocycles. The molecule has 1 aromatic rings. The van der Waals surface area contributed by atoms with Crippen LogP contribution in [0.5, 0.6) is 0 Å². The Kier molecular flexibility index (Phi) is 2.72. The minimum atomic E-state index is 0.406. The summed E-state index contributed by atoms with van der Waals surface area (Å²) in [6.07, 6.45) is 7.95. The molecular weight excluding hydrogens is 196 g/mol. The number of hydrogen-bond donors (Lipinski definition) is 0. The predicted molar refractivity (Wildman–Crippen MR) is 65.4 cm³/mol. The summed E-state index contributed by atoms with van der Waals surface area (Å²) in [5, 5.41) is 0. The second kappa shape index (κ2) is 4.21. The van der Waals surface area contributed by atoms with Crippen molar-refractivity contribution in [3.8, 4) is 0 Å². The first-order valence-corrected chi connectivity index (χ1v) is 6.56. The van der Waals surface area contributed by atoms with Gasteiger partial charge < -0.3 is 4.74 Å². The van der Waals surface area contributed by atoms with Gasteiger partial charge in [-0.2, -0.15) is 0 Å². The Hall–Kier alpha value is -0.820. The zero-order valence-corrected chi connectivity index (χ0v) is 9.99. The van der Waals surface area contributed by atoms with Gasteiger partial charge in [0.15, 0.2) is 0 Å². The van der Waals surface area contributed by atoms with E-state index >= 15 is 0 Å². The molecule has 1 aliphatic heterocycles. The van der Waals surface area contributed by atoms with Crippen LogP contribution in [0.4, 0.5) is 0 Å². The molecule has 0 amide bonds. The maximum Gasteiger partial charge on any atom is 0.109 e. The van der Waals surface area contributed by atoms with Crippen LogP contribution in [0.15, 0.2) is 24.3 Å². The third-order valence-corrected chi connectivity index (χ3v) is 4.05. The second-order valence-electron chi connectivity index (χ2n) is 5.33. The van der Waals surface area contributed by atoms with Gasteiger partial charge >= 0.3 is 0 Å². The van der Waals surface area contributed by atoms with Gasteiger partial charge in [-0.05, 0) is 31.2 Å². The average molecular weight is 216 g/mol. The van der Waals surface area contributed by atoms with Crippen molar-refractivity contribution in [3.63, 3.8) is 0 Å². The third-order valence-electron chi connectivity index (χ3n) is 4.05. The van der Waals surface area contributed by atoms with Crippen molar-refractivity contribution in [2.45, 2.75) is 51.2 Å². The number of benzene rings is 1. The molecule has 0 N–H and O–H groups in total. The molecule has 3 rings (SSSR count). The lowest BCUT2D eigenvalue weighted by Gasteiger charge is -2.19. The lowest BCUT2D eigenvalue weighted by Crippen LogP contribution is -2.12. The van der Waals surface area contributed by atoms with E-state index in [4.69, 9.17) is 4.74 Å². The predicted octanol–water partition coefficient (Wildman–Crippen LogP) is 4.02. The summed E-state index contributed by atoms with van der Waals surface area (Å²) in [7, 11) is 0. The van der Waals surface area contributed by atoms with Gasteiger partial charge in [0.1, 0.15) is 6.10 Å². The van der Waals surface area contributed by atoms with Gasteiger partial charge in [0.05, 0.1) is 6.10 Å². The molecule has 2 fully saturated rings. The first kappa shape index (κ1) is 10.3. The van der Waals surface area contributed by atoms with E-state index in [1.807, 2.05) is 0 Å². The van der Waals surface area contributed by atoms with Crippen molar-refractivity contribution in [1.29, 1.82) is 0 Å². The van der Waals surface area contributed by atoms with Crippen LogP contribution in [0, 0.1) is 12.8 Å². The average Bonchev–Trinajstić information content (AvgIpc) is 3.11. The summed E-state index contributed by atoms with van der Waals surface area (Å²) in [5.41, 5.74) is 2.71. The fourth-order valence-electron chi connectivity index (χ4n) is 2.97. The zero-order valence-electron chi connectivity index (χ0n) is 9.99. The van der Waals surface area contributed by atoms with E-state index in [1.165, 1.54) is 43.2 Å². The van der Waals surface area contributed by atoms with Gasteiger partial charge in [-0.15, -0.1) is 0 Å². The van der Waals surface area contributed by atoms with Crippen molar-refractivity contribution in [2.24, 2.45) is 5.92 Å². The first-order chi connectivity index (χ1) is 7.84. The Bertz CT molecular complexity index is 348. The Morgan fingerprint density at radius 1 is 1.00 bits per heavy atom. The SMILES string of the molecule is Cc1ccc([C@H]2O[C@@H]2C2CCCCC2)cc1. The van der Waals surface area contributed by atoms with Gasteiger partial charge in [-0.1, -0.05) is 49.1 Å². The molecule has 0 radical (unpaired) electrons. The molecule has 2 atom stereocenters. The van der Waals surface area contributed by atoms with Crippen LogP contribution in [-0.2, 0) is 4.74 Å². The molecule has 1 saturated heterocycles. The highest BCUT2D eigenvalue weighted by atomic mass is 16.6. The van der Waals surface area contributed by atoms with Gasteiger partial charge in [0.2, 0.25) is 0 Å². The van der Waals surface area contributed by atoms with Crippen LogP contribution in [0.2, 0.25) is 0 Å². The summed E-state index contributed by atoms with van der Waals surface area (Å²) in [4.78, 5) is 0. The molecule has 0 bridgehead atoms. The molecule has 86 valence electrons. The minimum absolute atomic E-state index is 0.406. The lowest BCUT2D eigenvalue weighted by molar-refractivity contribution is 0.262. The van der Waals surface area contributed by atoms with E-state index in [0.29, 0.717) is 12.2 Å². The molecule has 1 saturated carbocycles. The maximum absolute atomic E-state index is 5.88. The van der Waals surface area contributed by atoms with Crippen LogP contribution in [0.3, 0.4) is 0 Å². The lowest BCUT2D eigenvalue weighted by atomic mass is 9.85. The van der Waals surface area contributed by atoms with E-state index in [1.54, 1.807) is 0 Å². The third kappa shape index (κ3) is 2.01. The fraction of sp³-hybridized carbons (Fsp3) is 0.600. The number of epoxide rings is 1. The first-order valence-electron chi connectivity index (χ1n) is 6.56. The molecule has 1 heterocycles. The smallest absolute Gasteiger partial charge is 0.109 e. The zero-order chi connectivity index (χ0) is 11.0. The highest BCUT2D eigenvalue weighted by molar-refractivity contribution is 5.26. The Morgan fingerprint density at radius 2 is 1.69 bits per heavy atom. The van der Waals surface area contributed by atoms with Gasteiger partial charge in [0.25, 0.3) is 0 Å². The van der Waals surface area contributed by atoms with Crippen molar-refractivity contribution in [3.05, 3.63) is 35.4 Å². The van der Waals surface area contributed by atoms with Crippen LogP contribution >= 0.6 is 0 Å². The van der Waals surface area contributed by atoms with E-state index in [-0.39, 0.29) is 0 Å². The monoisotopic (exact) mass is 216 g/mol. The Labute approximate surface area is 97.8 Å². The molecule has 0 unspecified atom stereocenters. The Balaban J connectivity index is 1.64. The largest absolute Gasteiger partial charge is 0.364 e. The van der Waals surface area contributed by atoms with E-state index in [0.717, 1.165) is 5.92 Å². The summed E-state index contributed by atoms with van der Waals surface area (Å²) in [6.45, 7) is 2.14. The van der Waals surface area contributed by atoms with Gasteiger partial charge in [-0.3, -0.25) is 0 Å². The molecule has 1 nitrogen and oxygen atoms in total. The van der Waals surface area contributed by atoms with E-state index < -0.39 is 0 Å². The quantitative estimate of drug-likeness (QED) is 0.680. The maximum atomic E-state index is 5.88. The van der Waals surface area contributed by atoms with Crippen molar-refractivity contribution in [1.82, 2.24) is 0 Å². The molecule has 2 aliphatic rings. The molecule has 16 heavy (non-hydrogen) atoms. The van der Waals surface area contributed by atoms with Crippen molar-refractivity contribution < 1.29 is 4.74 Å². The molecule has 1 aliphatic carbocycles. The van der Waals surface area contributed by atoms with E-state index in [9.17, 15) is 0 Å². The van der Waals surface area contributed by atoms with Crippen molar-refractivity contribution >= 4 is 0 Å². The molecule has 0 spiro atoms. The van der Waals surface area contributed by atoms with Gasteiger partial charge in [0, 0.05) is 0 Å². The topological polar surface area (TPSA) is 12.5 Å².